The van der Waals surface area contributed by atoms with E-state index in [4.69, 9.17) is 4.74 Å². The number of sulfonamides is 1. The molecule has 4 rings (SSSR count). The summed E-state index contributed by atoms with van der Waals surface area (Å²) in [6.45, 7) is 4.15. The number of aromatic nitrogens is 2. The lowest BCUT2D eigenvalue weighted by Gasteiger charge is -2.37. The highest BCUT2D eigenvalue weighted by Gasteiger charge is 2.49. The van der Waals surface area contributed by atoms with Crippen LogP contribution in [0.4, 0.5) is 5.82 Å². The zero-order chi connectivity index (χ0) is 15.3. The van der Waals surface area contributed by atoms with E-state index < -0.39 is 10.0 Å². The second-order valence-corrected chi connectivity index (χ2v) is 8.48. The standard InChI is InChI=1S/C14H20N4O3S/c1-10-2-5-14(16-15-10)18-6-7-21-13-9-17(8-12(13)18)22(19,20)11-3-4-11/h2,5,11-13H,3-4,6-9H2,1H3/t12-,13+/m0/s1. The first kappa shape index (κ1) is 14.3. The fourth-order valence-electron chi connectivity index (χ4n) is 3.27. The van der Waals surface area contributed by atoms with E-state index in [0.717, 1.165) is 30.9 Å². The fourth-order valence-corrected chi connectivity index (χ4v) is 5.14. The van der Waals surface area contributed by atoms with Gasteiger partial charge in [-0.05, 0) is 31.9 Å². The van der Waals surface area contributed by atoms with Crippen molar-refractivity contribution >= 4 is 15.8 Å². The molecule has 2 aliphatic heterocycles. The van der Waals surface area contributed by atoms with Crippen molar-refractivity contribution in [1.29, 1.82) is 0 Å². The van der Waals surface area contributed by atoms with Crippen molar-refractivity contribution in [3.05, 3.63) is 17.8 Å². The third kappa shape index (κ3) is 2.39. The van der Waals surface area contributed by atoms with Crippen molar-refractivity contribution < 1.29 is 13.2 Å². The predicted octanol–water partition coefficient (Wildman–Crippen LogP) is 0.167. The van der Waals surface area contributed by atoms with Crippen LogP contribution < -0.4 is 4.90 Å². The van der Waals surface area contributed by atoms with Crippen LogP contribution >= 0.6 is 0 Å². The van der Waals surface area contributed by atoms with Crippen molar-refractivity contribution in [3.8, 4) is 0 Å². The van der Waals surface area contributed by atoms with Crippen LogP contribution in [0.3, 0.4) is 0 Å². The highest BCUT2D eigenvalue weighted by Crippen LogP contribution is 2.35. The molecule has 3 fully saturated rings. The maximum absolute atomic E-state index is 12.5. The number of hydrogen-bond donors (Lipinski definition) is 0. The van der Waals surface area contributed by atoms with Crippen molar-refractivity contribution in [2.24, 2.45) is 0 Å². The molecule has 2 atom stereocenters. The van der Waals surface area contributed by atoms with Crippen molar-refractivity contribution in [3.63, 3.8) is 0 Å². The quantitative estimate of drug-likeness (QED) is 0.789. The predicted molar refractivity (Wildman–Crippen MR) is 81.2 cm³/mol. The van der Waals surface area contributed by atoms with Crippen LogP contribution in [0.25, 0.3) is 0 Å². The SMILES string of the molecule is Cc1ccc(N2CCO[C@@H]3CN(S(=O)(=O)C4CC4)C[C@@H]32)nn1. The van der Waals surface area contributed by atoms with E-state index in [9.17, 15) is 8.42 Å². The van der Waals surface area contributed by atoms with E-state index >= 15 is 0 Å². The number of aryl methyl sites for hydroxylation is 1. The van der Waals surface area contributed by atoms with Gasteiger partial charge in [0.15, 0.2) is 5.82 Å². The molecule has 22 heavy (non-hydrogen) atoms. The molecule has 1 aromatic rings. The molecule has 0 aromatic carbocycles. The molecule has 2 saturated heterocycles. The van der Waals surface area contributed by atoms with Crippen LogP contribution in [0.5, 0.6) is 0 Å². The van der Waals surface area contributed by atoms with Gasteiger partial charge in [0, 0.05) is 19.6 Å². The van der Waals surface area contributed by atoms with Gasteiger partial charge in [-0.25, -0.2) is 8.42 Å². The van der Waals surface area contributed by atoms with E-state index in [1.807, 2.05) is 19.1 Å². The lowest BCUT2D eigenvalue weighted by Crippen LogP contribution is -2.51. The van der Waals surface area contributed by atoms with Crippen molar-refractivity contribution in [2.45, 2.75) is 37.2 Å². The molecular weight excluding hydrogens is 304 g/mol. The Morgan fingerprint density at radius 2 is 2.05 bits per heavy atom. The van der Waals surface area contributed by atoms with E-state index in [-0.39, 0.29) is 17.4 Å². The van der Waals surface area contributed by atoms with Gasteiger partial charge >= 0.3 is 0 Å². The summed E-state index contributed by atoms with van der Waals surface area (Å²) in [6, 6.07) is 3.91. The summed E-state index contributed by atoms with van der Waals surface area (Å²) >= 11 is 0. The molecule has 0 unspecified atom stereocenters. The minimum absolute atomic E-state index is 0.0271. The number of anilines is 1. The Labute approximate surface area is 130 Å². The van der Waals surface area contributed by atoms with Crippen LogP contribution in [0, 0.1) is 6.92 Å². The van der Waals surface area contributed by atoms with E-state index in [0.29, 0.717) is 19.7 Å². The number of nitrogens with zero attached hydrogens (tertiary/aromatic N) is 4. The molecule has 0 spiro atoms. The van der Waals surface area contributed by atoms with E-state index in [1.54, 1.807) is 4.31 Å². The summed E-state index contributed by atoms with van der Waals surface area (Å²) in [5.74, 6) is 0.801. The van der Waals surface area contributed by atoms with Crippen molar-refractivity contribution in [1.82, 2.24) is 14.5 Å². The van der Waals surface area contributed by atoms with E-state index in [2.05, 4.69) is 15.1 Å². The van der Waals surface area contributed by atoms with Gasteiger partial charge in [0.1, 0.15) is 0 Å². The molecule has 0 radical (unpaired) electrons. The number of morpholine rings is 1. The Morgan fingerprint density at radius 3 is 2.73 bits per heavy atom. The summed E-state index contributed by atoms with van der Waals surface area (Å²) < 4.78 is 32.3. The average Bonchev–Trinajstić information content (AvgIpc) is 3.27. The topological polar surface area (TPSA) is 75.6 Å². The first-order valence-electron chi connectivity index (χ1n) is 7.73. The molecule has 1 aromatic heterocycles. The number of fused-ring (bicyclic) bond motifs is 1. The zero-order valence-electron chi connectivity index (χ0n) is 12.6. The van der Waals surface area contributed by atoms with Gasteiger partial charge in [-0.1, -0.05) is 0 Å². The number of rotatable bonds is 3. The smallest absolute Gasteiger partial charge is 0.217 e. The molecule has 7 nitrogen and oxygen atoms in total. The summed E-state index contributed by atoms with van der Waals surface area (Å²) in [5, 5.41) is 8.19. The van der Waals surface area contributed by atoms with Gasteiger partial charge in [-0.2, -0.15) is 9.40 Å². The highest BCUT2D eigenvalue weighted by atomic mass is 32.2. The molecule has 0 bridgehead atoms. The average molecular weight is 324 g/mol. The monoisotopic (exact) mass is 324 g/mol. The second kappa shape index (κ2) is 5.14. The lowest BCUT2D eigenvalue weighted by molar-refractivity contribution is 0.0328. The van der Waals surface area contributed by atoms with Gasteiger partial charge in [0.05, 0.1) is 29.7 Å². The number of hydrogen-bond acceptors (Lipinski definition) is 6. The van der Waals surface area contributed by atoms with Gasteiger partial charge in [-0.3, -0.25) is 0 Å². The molecule has 0 amide bonds. The minimum Gasteiger partial charge on any atom is -0.373 e. The van der Waals surface area contributed by atoms with Crippen LogP contribution in [0.1, 0.15) is 18.5 Å². The van der Waals surface area contributed by atoms with Crippen LogP contribution in [0.2, 0.25) is 0 Å². The minimum atomic E-state index is -3.15. The summed E-state index contributed by atoms with van der Waals surface area (Å²) in [4.78, 5) is 2.14. The van der Waals surface area contributed by atoms with Gasteiger partial charge in [0.2, 0.25) is 10.0 Å². The Bertz CT molecular complexity index is 659. The van der Waals surface area contributed by atoms with Crippen LogP contribution in [-0.4, -0.2) is 66.6 Å². The fraction of sp³-hybridized carbons (Fsp3) is 0.714. The molecule has 3 aliphatic rings. The number of ether oxygens (including phenoxy) is 1. The Kier molecular flexibility index (Phi) is 3.35. The molecule has 1 saturated carbocycles. The van der Waals surface area contributed by atoms with Crippen LogP contribution in [0.15, 0.2) is 12.1 Å². The van der Waals surface area contributed by atoms with Crippen LogP contribution in [-0.2, 0) is 14.8 Å². The zero-order valence-corrected chi connectivity index (χ0v) is 13.4. The summed E-state index contributed by atoms with van der Waals surface area (Å²) in [6.07, 6.45) is 1.51. The third-order valence-electron chi connectivity index (χ3n) is 4.65. The first-order valence-corrected chi connectivity index (χ1v) is 9.23. The van der Waals surface area contributed by atoms with E-state index in [1.165, 1.54) is 0 Å². The highest BCUT2D eigenvalue weighted by molar-refractivity contribution is 7.90. The summed E-state index contributed by atoms with van der Waals surface area (Å²) in [5.41, 5.74) is 0.873. The molecule has 3 heterocycles. The van der Waals surface area contributed by atoms with Gasteiger partial charge in [0.25, 0.3) is 0 Å². The lowest BCUT2D eigenvalue weighted by atomic mass is 10.1. The second-order valence-electron chi connectivity index (χ2n) is 6.26. The molecule has 1 aliphatic carbocycles. The maximum Gasteiger partial charge on any atom is 0.217 e. The Hall–Kier alpha value is -1.25. The summed E-state index contributed by atoms with van der Waals surface area (Å²) in [7, 11) is -3.15. The first-order chi connectivity index (χ1) is 10.6. The Morgan fingerprint density at radius 1 is 1.23 bits per heavy atom. The normalized spacial score (nSPS) is 29.6. The van der Waals surface area contributed by atoms with Gasteiger partial charge < -0.3 is 9.64 Å². The van der Waals surface area contributed by atoms with Crippen molar-refractivity contribution in [2.75, 3.05) is 31.1 Å². The van der Waals surface area contributed by atoms with Gasteiger partial charge in [-0.15, -0.1) is 5.10 Å². The molecule has 120 valence electrons. The third-order valence-corrected chi connectivity index (χ3v) is 6.98. The Balaban J connectivity index is 1.57. The molecule has 0 N–H and O–H groups in total. The maximum atomic E-state index is 12.5. The largest absolute Gasteiger partial charge is 0.373 e. The molecular formula is C14H20N4O3S. The molecule has 8 heteroatoms.